The van der Waals surface area contributed by atoms with Gasteiger partial charge >= 0.3 is 0 Å². The van der Waals surface area contributed by atoms with Crippen molar-refractivity contribution in [3.63, 3.8) is 0 Å². The van der Waals surface area contributed by atoms with Crippen LogP contribution in [0.4, 0.5) is 0 Å². The summed E-state index contributed by atoms with van der Waals surface area (Å²) >= 11 is 0. The third-order valence-electron chi connectivity index (χ3n) is 2.76. The molecular weight excluding hydrogens is 190 g/mol. The minimum Gasteiger partial charge on any atom is -0.633 e. The lowest BCUT2D eigenvalue weighted by atomic mass is 10.2. The van der Waals surface area contributed by atoms with E-state index >= 15 is 0 Å². The standard InChI is InChI=1S/C12H27NO.H2O/c1-4-7-10-13(14,11-8-5-2)12-9-6-3;/h4-12H2,1-3H3;1H2. The van der Waals surface area contributed by atoms with Crippen molar-refractivity contribution < 1.29 is 10.1 Å². The molecule has 0 atom stereocenters. The molecule has 0 radical (unpaired) electrons. The molecule has 2 N–H and O–H groups in total. The van der Waals surface area contributed by atoms with Gasteiger partial charge in [0, 0.05) is 0 Å². The van der Waals surface area contributed by atoms with E-state index in [-0.39, 0.29) is 10.1 Å². The highest BCUT2D eigenvalue weighted by molar-refractivity contribution is 4.47. The normalized spacial score (nSPS) is 11.2. The van der Waals surface area contributed by atoms with Crippen molar-refractivity contribution in [1.29, 1.82) is 0 Å². The summed E-state index contributed by atoms with van der Waals surface area (Å²) in [4.78, 5) is 0. The van der Waals surface area contributed by atoms with Gasteiger partial charge in [-0.1, -0.05) is 40.0 Å². The van der Waals surface area contributed by atoms with Gasteiger partial charge in [-0.3, -0.25) is 0 Å². The zero-order valence-corrected chi connectivity index (χ0v) is 10.7. The number of unbranched alkanes of at least 4 members (excludes halogenated alkanes) is 3. The molecule has 0 rings (SSSR count). The number of rotatable bonds is 9. The van der Waals surface area contributed by atoms with Gasteiger partial charge in [0.25, 0.3) is 0 Å². The molecular formula is C12H29NO2. The highest BCUT2D eigenvalue weighted by Crippen LogP contribution is 2.12. The Kier molecular flexibility index (Phi) is 12.0. The maximum atomic E-state index is 12.3. The van der Waals surface area contributed by atoms with Gasteiger partial charge in [-0.05, 0) is 19.3 Å². The summed E-state index contributed by atoms with van der Waals surface area (Å²) in [6.45, 7) is 8.96. The summed E-state index contributed by atoms with van der Waals surface area (Å²) in [6.07, 6.45) is 6.66. The lowest BCUT2D eigenvalue weighted by Crippen LogP contribution is -2.44. The van der Waals surface area contributed by atoms with Crippen LogP contribution in [0.2, 0.25) is 0 Å². The van der Waals surface area contributed by atoms with Gasteiger partial charge in [0.1, 0.15) is 0 Å². The number of quaternary nitrogens is 1. The van der Waals surface area contributed by atoms with Crippen LogP contribution in [-0.2, 0) is 0 Å². The number of hydroxylamine groups is 3. The molecule has 0 aliphatic carbocycles. The third kappa shape index (κ3) is 8.85. The van der Waals surface area contributed by atoms with Crippen LogP contribution in [0.1, 0.15) is 59.3 Å². The van der Waals surface area contributed by atoms with Gasteiger partial charge in [-0.25, -0.2) is 0 Å². The Morgan fingerprint density at radius 1 is 0.733 bits per heavy atom. The molecule has 0 saturated heterocycles. The van der Waals surface area contributed by atoms with E-state index < -0.39 is 0 Å². The van der Waals surface area contributed by atoms with E-state index in [4.69, 9.17) is 0 Å². The first-order valence-electron chi connectivity index (χ1n) is 6.25. The summed E-state index contributed by atoms with van der Waals surface area (Å²) in [6, 6.07) is 0. The smallest absolute Gasteiger partial charge is 0.0783 e. The summed E-state index contributed by atoms with van der Waals surface area (Å²) < 4.78 is 0.0650. The maximum Gasteiger partial charge on any atom is 0.0783 e. The van der Waals surface area contributed by atoms with E-state index in [2.05, 4.69) is 20.8 Å². The molecule has 94 valence electrons. The molecule has 0 heterocycles. The first-order chi connectivity index (χ1) is 6.68. The third-order valence-corrected chi connectivity index (χ3v) is 2.76. The van der Waals surface area contributed by atoms with Crippen LogP contribution >= 0.6 is 0 Å². The largest absolute Gasteiger partial charge is 0.633 e. The second kappa shape index (κ2) is 10.4. The molecule has 0 saturated carbocycles. The van der Waals surface area contributed by atoms with Gasteiger partial charge in [0.15, 0.2) is 0 Å². The van der Waals surface area contributed by atoms with Crippen LogP contribution in [0, 0.1) is 5.21 Å². The molecule has 3 heteroatoms. The Balaban J connectivity index is 0. The summed E-state index contributed by atoms with van der Waals surface area (Å²) in [5, 5.41) is 12.3. The van der Waals surface area contributed by atoms with Crippen molar-refractivity contribution in [3.8, 4) is 0 Å². The number of hydrogen-bond acceptors (Lipinski definition) is 1. The van der Waals surface area contributed by atoms with Gasteiger partial charge in [-0.15, -0.1) is 0 Å². The summed E-state index contributed by atoms with van der Waals surface area (Å²) in [7, 11) is 0. The Labute approximate surface area is 95.0 Å². The average Bonchev–Trinajstić information content (AvgIpc) is 2.21. The molecule has 0 aromatic carbocycles. The summed E-state index contributed by atoms with van der Waals surface area (Å²) in [5.41, 5.74) is 0. The zero-order valence-electron chi connectivity index (χ0n) is 10.7. The average molecular weight is 219 g/mol. The SMILES string of the molecule is CCCC[N+]([O-])(CCCC)CCCC.O. The van der Waals surface area contributed by atoms with Crippen LogP contribution in [0.15, 0.2) is 0 Å². The van der Waals surface area contributed by atoms with Gasteiger partial charge in [0.2, 0.25) is 0 Å². The predicted octanol–water partition coefficient (Wildman–Crippen LogP) is 2.88. The number of hydrogen-bond donors (Lipinski definition) is 0. The van der Waals surface area contributed by atoms with Crippen LogP contribution in [-0.4, -0.2) is 29.8 Å². The Morgan fingerprint density at radius 2 is 1.00 bits per heavy atom. The van der Waals surface area contributed by atoms with E-state index in [0.29, 0.717) is 0 Å². The minimum atomic E-state index is 0. The Morgan fingerprint density at radius 3 is 1.20 bits per heavy atom. The van der Waals surface area contributed by atoms with E-state index in [0.717, 1.165) is 58.2 Å². The molecule has 0 unspecified atom stereocenters. The van der Waals surface area contributed by atoms with Gasteiger partial charge < -0.3 is 15.3 Å². The monoisotopic (exact) mass is 219 g/mol. The van der Waals surface area contributed by atoms with Crippen LogP contribution in [0.3, 0.4) is 0 Å². The topological polar surface area (TPSA) is 54.6 Å². The van der Waals surface area contributed by atoms with E-state index in [1.807, 2.05) is 0 Å². The van der Waals surface area contributed by atoms with E-state index in [1.54, 1.807) is 0 Å². The molecule has 0 aromatic rings. The molecule has 15 heavy (non-hydrogen) atoms. The van der Waals surface area contributed by atoms with Crippen molar-refractivity contribution in [3.05, 3.63) is 5.21 Å². The zero-order chi connectivity index (χ0) is 10.9. The molecule has 0 aliphatic heterocycles. The second-order valence-electron chi connectivity index (χ2n) is 4.29. The Bertz CT molecular complexity index is 107. The molecule has 3 nitrogen and oxygen atoms in total. The Hall–Kier alpha value is -0.120. The van der Waals surface area contributed by atoms with Crippen molar-refractivity contribution in [2.24, 2.45) is 0 Å². The first-order valence-corrected chi connectivity index (χ1v) is 6.25. The van der Waals surface area contributed by atoms with Crippen molar-refractivity contribution in [2.75, 3.05) is 19.6 Å². The summed E-state index contributed by atoms with van der Waals surface area (Å²) in [5.74, 6) is 0. The van der Waals surface area contributed by atoms with Crippen LogP contribution in [0.25, 0.3) is 0 Å². The molecule has 0 amide bonds. The predicted molar refractivity (Wildman–Crippen MR) is 66.6 cm³/mol. The highest BCUT2D eigenvalue weighted by Gasteiger charge is 2.14. The molecule has 0 aliphatic rings. The lowest BCUT2D eigenvalue weighted by Gasteiger charge is -2.43. The van der Waals surface area contributed by atoms with E-state index in [1.165, 1.54) is 0 Å². The van der Waals surface area contributed by atoms with E-state index in [9.17, 15) is 5.21 Å². The van der Waals surface area contributed by atoms with Crippen LogP contribution < -0.4 is 0 Å². The van der Waals surface area contributed by atoms with Gasteiger partial charge in [-0.2, -0.15) is 0 Å². The van der Waals surface area contributed by atoms with Crippen LogP contribution in [0.5, 0.6) is 0 Å². The molecule has 0 aromatic heterocycles. The molecule has 0 spiro atoms. The minimum absolute atomic E-state index is 0. The number of nitrogens with zero attached hydrogens (tertiary/aromatic N) is 1. The fraction of sp³-hybridized carbons (Fsp3) is 1.00. The molecule has 0 fully saturated rings. The fourth-order valence-electron chi connectivity index (χ4n) is 1.67. The first kappa shape index (κ1) is 17.3. The fourth-order valence-corrected chi connectivity index (χ4v) is 1.67. The van der Waals surface area contributed by atoms with Crippen molar-refractivity contribution in [1.82, 2.24) is 0 Å². The molecule has 0 bridgehead atoms. The second-order valence-corrected chi connectivity index (χ2v) is 4.29. The van der Waals surface area contributed by atoms with Crippen molar-refractivity contribution in [2.45, 2.75) is 59.3 Å². The maximum absolute atomic E-state index is 12.3. The van der Waals surface area contributed by atoms with Gasteiger partial charge in [0.05, 0.1) is 19.6 Å². The van der Waals surface area contributed by atoms with Crippen molar-refractivity contribution >= 4 is 0 Å². The quantitative estimate of drug-likeness (QED) is 0.434. The highest BCUT2D eigenvalue weighted by atomic mass is 16.5. The lowest BCUT2D eigenvalue weighted by molar-refractivity contribution is -0.881.